The molecule has 0 unspecified atom stereocenters. The molecule has 2 aromatic carbocycles. The van der Waals surface area contributed by atoms with Crippen LogP contribution < -0.4 is 15.4 Å². The van der Waals surface area contributed by atoms with E-state index in [9.17, 15) is 4.79 Å². The lowest BCUT2D eigenvalue weighted by molar-refractivity contribution is -0.682. The van der Waals surface area contributed by atoms with Crippen LogP contribution in [0.1, 0.15) is 25.5 Å². The molecular weight excluding hydrogens is 312 g/mol. The molecule has 122 valence electrons. The Hall–Kier alpha value is -2.04. The molecule has 4 nitrogen and oxygen atoms in total. The zero-order chi connectivity index (χ0) is 16.7. The number of quaternary nitrogens is 1. The highest BCUT2D eigenvalue weighted by molar-refractivity contribution is 6.30. The van der Waals surface area contributed by atoms with Gasteiger partial charge in [0.15, 0.2) is 6.54 Å². The molecule has 23 heavy (non-hydrogen) atoms. The van der Waals surface area contributed by atoms with Crippen molar-refractivity contribution >= 4 is 23.2 Å². The number of carbonyl (C=O) groups excluding carboxylic acids is 1. The first-order valence-corrected chi connectivity index (χ1v) is 8.07. The molecule has 0 fully saturated rings. The standard InChI is InChI=1S/C18H21ClN2O2/c1-3-23-17-10-8-16(9-11-17)21-18(22)12-20-13(2)14-4-6-15(19)7-5-14/h4-11,13,20H,3,12H2,1-2H3,(H,21,22)/p+1/t13-/m1/s1. The molecule has 3 N–H and O–H groups in total. The van der Waals surface area contributed by atoms with Gasteiger partial charge in [0.1, 0.15) is 11.8 Å². The van der Waals surface area contributed by atoms with Crippen LogP contribution in [0.4, 0.5) is 5.69 Å². The highest BCUT2D eigenvalue weighted by Gasteiger charge is 2.11. The van der Waals surface area contributed by atoms with Crippen LogP contribution in [0.2, 0.25) is 5.02 Å². The third-order valence-electron chi connectivity index (χ3n) is 3.50. The number of ether oxygens (including phenoxy) is 1. The quantitative estimate of drug-likeness (QED) is 0.818. The minimum atomic E-state index is -0.0324. The Bertz CT molecular complexity index is 626. The molecule has 2 aromatic rings. The number of anilines is 1. The minimum Gasteiger partial charge on any atom is -0.494 e. The van der Waals surface area contributed by atoms with E-state index in [0.29, 0.717) is 18.2 Å². The molecule has 0 spiro atoms. The Balaban J connectivity index is 1.81. The van der Waals surface area contributed by atoms with E-state index in [1.165, 1.54) is 0 Å². The molecule has 0 aliphatic rings. The van der Waals surface area contributed by atoms with Crippen LogP contribution in [0.25, 0.3) is 0 Å². The van der Waals surface area contributed by atoms with Gasteiger partial charge in [0.25, 0.3) is 5.91 Å². The second kappa shape index (κ2) is 8.56. The average Bonchev–Trinajstić information content (AvgIpc) is 2.55. The topological polar surface area (TPSA) is 54.9 Å². The smallest absolute Gasteiger partial charge is 0.279 e. The van der Waals surface area contributed by atoms with Crippen molar-refractivity contribution in [3.05, 3.63) is 59.1 Å². The SMILES string of the molecule is CCOc1ccc(NC(=O)C[NH2+][C@H](C)c2ccc(Cl)cc2)cc1. The maximum atomic E-state index is 12.0. The lowest BCUT2D eigenvalue weighted by Crippen LogP contribution is -2.86. The van der Waals surface area contributed by atoms with Crippen molar-refractivity contribution in [3.63, 3.8) is 0 Å². The first-order valence-electron chi connectivity index (χ1n) is 7.70. The molecule has 0 saturated carbocycles. The van der Waals surface area contributed by atoms with E-state index in [1.807, 2.05) is 60.8 Å². The molecule has 0 heterocycles. The first kappa shape index (κ1) is 17.3. The van der Waals surface area contributed by atoms with Crippen LogP contribution in [-0.4, -0.2) is 19.1 Å². The second-order valence-corrected chi connectivity index (χ2v) is 5.72. The summed E-state index contributed by atoms with van der Waals surface area (Å²) in [5.74, 6) is 0.767. The van der Waals surface area contributed by atoms with Crippen molar-refractivity contribution in [2.45, 2.75) is 19.9 Å². The molecular formula is C18H22ClN2O2+. The summed E-state index contributed by atoms with van der Waals surface area (Å²) in [4.78, 5) is 12.0. The maximum absolute atomic E-state index is 12.0. The summed E-state index contributed by atoms with van der Waals surface area (Å²) < 4.78 is 5.37. The van der Waals surface area contributed by atoms with Crippen molar-refractivity contribution in [2.75, 3.05) is 18.5 Å². The van der Waals surface area contributed by atoms with Crippen LogP contribution in [0.3, 0.4) is 0 Å². The number of nitrogens with one attached hydrogen (secondary N) is 1. The van der Waals surface area contributed by atoms with Crippen LogP contribution in [-0.2, 0) is 4.79 Å². The Morgan fingerprint density at radius 3 is 2.43 bits per heavy atom. The summed E-state index contributed by atoms with van der Waals surface area (Å²) in [5, 5.41) is 5.59. The van der Waals surface area contributed by atoms with E-state index in [1.54, 1.807) is 0 Å². The number of amides is 1. The number of hydrogen-bond donors (Lipinski definition) is 2. The molecule has 0 aliphatic heterocycles. The summed E-state index contributed by atoms with van der Waals surface area (Å²) >= 11 is 5.88. The Morgan fingerprint density at radius 1 is 1.17 bits per heavy atom. The average molecular weight is 334 g/mol. The Kier molecular flexibility index (Phi) is 6.44. The van der Waals surface area contributed by atoms with E-state index < -0.39 is 0 Å². The van der Waals surface area contributed by atoms with Gasteiger partial charge in [-0.1, -0.05) is 23.7 Å². The van der Waals surface area contributed by atoms with Gasteiger partial charge in [0, 0.05) is 16.3 Å². The van der Waals surface area contributed by atoms with E-state index in [0.717, 1.165) is 17.0 Å². The zero-order valence-corrected chi connectivity index (χ0v) is 14.1. The fraction of sp³-hybridized carbons (Fsp3) is 0.278. The maximum Gasteiger partial charge on any atom is 0.279 e. The molecule has 0 aliphatic carbocycles. The fourth-order valence-corrected chi connectivity index (χ4v) is 2.33. The molecule has 0 bridgehead atoms. The summed E-state index contributed by atoms with van der Waals surface area (Å²) in [6.07, 6.45) is 0. The molecule has 0 radical (unpaired) electrons. The van der Waals surface area contributed by atoms with Gasteiger partial charge in [-0.25, -0.2) is 0 Å². The largest absolute Gasteiger partial charge is 0.494 e. The fourth-order valence-electron chi connectivity index (χ4n) is 2.20. The molecule has 0 saturated heterocycles. The van der Waals surface area contributed by atoms with Crippen LogP contribution in [0.15, 0.2) is 48.5 Å². The predicted octanol–water partition coefficient (Wildman–Crippen LogP) is 3.00. The number of rotatable bonds is 7. The van der Waals surface area contributed by atoms with Crippen molar-refractivity contribution in [3.8, 4) is 5.75 Å². The summed E-state index contributed by atoms with van der Waals surface area (Å²) in [6.45, 7) is 4.99. The Morgan fingerprint density at radius 2 is 1.83 bits per heavy atom. The summed E-state index contributed by atoms with van der Waals surface area (Å²) in [7, 11) is 0. The van der Waals surface area contributed by atoms with E-state index >= 15 is 0 Å². The van der Waals surface area contributed by atoms with Crippen molar-refractivity contribution in [1.29, 1.82) is 0 Å². The number of carbonyl (C=O) groups is 1. The molecule has 1 amide bonds. The van der Waals surface area contributed by atoms with Gasteiger partial charge >= 0.3 is 0 Å². The first-order chi connectivity index (χ1) is 11.1. The normalized spacial score (nSPS) is 11.8. The van der Waals surface area contributed by atoms with Crippen LogP contribution >= 0.6 is 11.6 Å². The number of benzene rings is 2. The highest BCUT2D eigenvalue weighted by Crippen LogP contribution is 2.15. The van der Waals surface area contributed by atoms with E-state index in [-0.39, 0.29) is 11.9 Å². The van der Waals surface area contributed by atoms with E-state index in [2.05, 4.69) is 12.2 Å². The molecule has 0 aromatic heterocycles. The summed E-state index contributed by atoms with van der Waals surface area (Å²) in [6, 6.07) is 15.2. The van der Waals surface area contributed by atoms with Crippen molar-refractivity contribution < 1.29 is 14.8 Å². The van der Waals surface area contributed by atoms with Gasteiger partial charge in [-0.15, -0.1) is 0 Å². The van der Waals surface area contributed by atoms with Crippen molar-refractivity contribution in [2.24, 2.45) is 0 Å². The number of nitrogens with two attached hydrogens (primary N) is 1. The second-order valence-electron chi connectivity index (χ2n) is 5.29. The van der Waals surface area contributed by atoms with Gasteiger partial charge in [-0.05, 0) is 50.2 Å². The highest BCUT2D eigenvalue weighted by atomic mass is 35.5. The molecule has 5 heteroatoms. The number of halogens is 1. The zero-order valence-electron chi connectivity index (χ0n) is 13.4. The third kappa shape index (κ3) is 5.58. The van der Waals surface area contributed by atoms with Crippen LogP contribution in [0, 0.1) is 0 Å². The third-order valence-corrected chi connectivity index (χ3v) is 3.75. The number of hydrogen-bond acceptors (Lipinski definition) is 2. The summed E-state index contributed by atoms with van der Waals surface area (Å²) in [5.41, 5.74) is 1.91. The van der Waals surface area contributed by atoms with E-state index in [4.69, 9.17) is 16.3 Å². The molecule has 2 rings (SSSR count). The van der Waals surface area contributed by atoms with Crippen LogP contribution in [0.5, 0.6) is 5.75 Å². The predicted molar refractivity (Wildman–Crippen MR) is 92.9 cm³/mol. The molecule has 1 atom stereocenters. The monoisotopic (exact) mass is 333 g/mol. The van der Waals surface area contributed by atoms with Gasteiger partial charge < -0.3 is 15.4 Å². The van der Waals surface area contributed by atoms with Gasteiger partial charge in [0.05, 0.1) is 6.61 Å². The Labute approximate surface area is 141 Å². The van der Waals surface area contributed by atoms with Crippen molar-refractivity contribution in [1.82, 2.24) is 0 Å². The minimum absolute atomic E-state index is 0.0324. The lowest BCUT2D eigenvalue weighted by Gasteiger charge is -2.11. The van der Waals surface area contributed by atoms with Gasteiger partial charge in [-0.2, -0.15) is 0 Å². The van der Waals surface area contributed by atoms with Gasteiger partial charge in [0.2, 0.25) is 0 Å². The van der Waals surface area contributed by atoms with Gasteiger partial charge in [-0.3, -0.25) is 4.79 Å². The lowest BCUT2D eigenvalue weighted by atomic mass is 10.1.